The molecule has 0 bridgehead atoms. The molecular formula is C12H24N2O. The van der Waals surface area contributed by atoms with Gasteiger partial charge in [0.05, 0.1) is 6.61 Å². The van der Waals surface area contributed by atoms with Gasteiger partial charge in [0.25, 0.3) is 0 Å². The van der Waals surface area contributed by atoms with Crippen molar-refractivity contribution in [3.8, 4) is 0 Å². The Morgan fingerprint density at radius 2 is 2.13 bits per heavy atom. The molecule has 2 fully saturated rings. The summed E-state index contributed by atoms with van der Waals surface area (Å²) in [5.74, 6) is 0.761. The van der Waals surface area contributed by atoms with E-state index in [0.29, 0.717) is 6.61 Å². The zero-order valence-electron chi connectivity index (χ0n) is 9.60. The Hall–Kier alpha value is -0.120. The van der Waals surface area contributed by atoms with Gasteiger partial charge in [-0.15, -0.1) is 0 Å². The Labute approximate surface area is 92.6 Å². The normalized spacial score (nSPS) is 37.8. The molecule has 2 saturated heterocycles. The topological polar surface area (TPSA) is 44.3 Å². The van der Waals surface area contributed by atoms with Gasteiger partial charge in [0.15, 0.2) is 0 Å². The van der Waals surface area contributed by atoms with Crippen molar-refractivity contribution < 1.29 is 5.11 Å². The van der Waals surface area contributed by atoms with E-state index in [1.54, 1.807) is 0 Å². The van der Waals surface area contributed by atoms with Gasteiger partial charge < -0.3 is 15.7 Å². The molecule has 2 aliphatic heterocycles. The maximum absolute atomic E-state index is 9.59. The molecule has 2 heterocycles. The Balaban J connectivity index is 1.87. The molecule has 15 heavy (non-hydrogen) atoms. The number of rotatable bonds is 3. The second-order valence-electron chi connectivity index (χ2n) is 5.24. The number of hydrogen-bond acceptors (Lipinski definition) is 3. The van der Waals surface area contributed by atoms with Gasteiger partial charge in [-0.25, -0.2) is 0 Å². The van der Waals surface area contributed by atoms with Gasteiger partial charge in [-0.2, -0.15) is 0 Å². The molecule has 0 aromatic rings. The summed E-state index contributed by atoms with van der Waals surface area (Å²) in [6.07, 6.45) is 7.47. The van der Waals surface area contributed by atoms with Crippen LogP contribution in [0, 0.1) is 5.92 Å². The summed E-state index contributed by atoms with van der Waals surface area (Å²) >= 11 is 0. The lowest BCUT2D eigenvalue weighted by Crippen LogP contribution is -2.53. The van der Waals surface area contributed by atoms with Crippen LogP contribution in [0.5, 0.6) is 0 Å². The van der Waals surface area contributed by atoms with E-state index in [0.717, 1.165) is 31.8 Å². The van der Waals surface area contributed by atoms with Crippen LogP contribution in [0.2, 0.25) is 0 Å². The molecule has 2 aliphatic rings. The van der Waals surface area contributed by atoms with E-state index in [1.807, 2.05) is 0 Å². The van der Waals surface area contributed by atoms with Gasteiger partial charge in [0, 0.05) is 5.54 Å². The average Bonchev–Trinajstić information content (AvgIpc) is 2.32. The molecule has 3 nitrogen and oxygen atoms in total. The number of piperidine rings is 2. The van der Waals surface area contributed by atoms with E-state index in [9.17, 15) is 5.11 Å². The molecule has 2 rings (SSSR count). The van der Waals surface area contributed by atoms with Crippen LogP contribution in [0.15, 0.2) is 0 Å². The number of nitrogens with one attached hydrogen (secondary N) is 2. The summed E-state index contributed by atoms with van der Waals surface area (Å²) in [4.78, 5) is 0. The second kappa shape index (κ2) is 5.28. The van der Waals surface area contributed by atoms with Crippen molar-refractivity contribution in [3.63, 3.8) is 0 Å². The summed E-state index contributed by atoms with van der Waals surface area (Å²) < 4.78 is 0. The Morgan fingerprint density at radius 3 is 2.73 bits per heavy atom. The zero-order valence-corrected chi connectivity index (χ0v) is 9.60. The molecule has 2 atom stereocenters. The van der Waals surface area contributed by atoms with Gasteiger partial charge in [-0.05, 0) is 57.7 Å². The standard InChI is InChI=1S/C12H24N2O/c15-10-12(5-1-2-7-14-12)8-11-4-3-6-13-9-11/h11,13-15H,1-10H2. The highest BCUT2D eigenvalue weighted by Gasteiger charge is 2.33. The highest BCUT2D eigenvalue weighted by atomic mass is 16.3. The fourth-order valence-electron chi connectivity index (χ4n) is 3.05. The van der Waals surface area contributed by atoms with Gasteiger partial charge in [-0.3, -0.25) is 0 Å². The third kappa shape index (κ3) is 2.92. The first kappa shape index (κ1) is 11.4. The third-order valence-electron chi connectivity index (χ3n) is 3.96. The molecule has 0 spiro atoms. The van der Waals surface area contributed by atoms with E-state index in [2.05, 4.69) is 10.6 Å². The van der Waals surface area contributed by atoms with Crippen molar-refractivity contribution in [3.05, 3.63) is 0 Å². The van der Waals surface area contributed by atoms with Crippen molar-refractivity contribution >= 4 is 0 Å². The molecule has 3 N–H and O–H groups in total. The van der Waals surface area contributed by atoms with E-state index in [4.69, 9.17) is 0 Å². The molecule has 88 valence electrons. The Bertz CT molecular complexity index is 184. The molecule has 0 amide bonds. The summed E-state index contributed by atoms with van der Waals surface area (Å²) in [6, 6.07) is 0. The number of aliphatic hydroxyl groups is 1. The van der Waals surface area contributed by atoms with Crippen molar-refractivity contribution in [2.24, 2.45) is 5.92 Å². The molecule has 0 saturated carbocycles. The lowest BCUT2D eigenvalue weighted by molar-refractivity contribution is 0.101. The van der Waals surface area contributed by atoms with Gasteiger partial charge in [-0.1, -0.05) is 6.42 Å². The summed E-state index contributed by atoms with van der Waals surface area (Å²) in [7, 11) is 0. The fraction of sp³-hybridized carbons (Fsp3) is 1.00. The predicted molar refractivity (Wildman–Crippen MR) is 61.9 cm³/mol. The minimum absolute atomic E-state index is 0.0436. The molecule has 2 unspecified atom stereocenters. The molecule has 0 aromatic heterocycles. The quantitative estimate of drug-likeness (QED) is 0.651. The highest BCUT2D eigenvalue weighted by molar-refractivity contribution is 4.93. The summed E-state index contributed by atoms with van der Waals surface area (Å²) in [5.41, 5.74) is 0.0436. The molecule has 0 aliphatic carbocycles. The summed E-state index contributed by atoms with van der Waals surface area (Å²) in [5, 5.41) is 16.6. The van der Waals surface area contributed by atoms with Crippen LogP contribution in [-0.4, -0.2) is 36.9 Å². The molecule has 0 radical (unpaired) electrons. The van der Waals surface area contributed by atoms with Gasteiger partial charge in [0.2, 0.25) is 0 Å². The maximum atomic E-state index is 9.59. The van der Waals surface area contributed by atoms with Gasteiger partial charge in [0.1, 0.15) is 0 Å². The molecule has 3 heteroatoms. The average molecular weight is 212 g/mol. The second-order valence-corrected chi connectivity index (χ2v) is 5.24. The zero-order chi connectivity index (χ0) is 10.6. The third-order valence-corrected chi connectivity index (χ3v) is 3.96. The van der Waals surface area contributed by atoms with Crippen molar-refractivity contribution in [1.29, 1.82) is 0 Å². The largest absolute Gasteiger partial charge is 0.394 e. The van der Waals surface area contributed by atoms with E-state index in [1.165, 1.54) is 32.2 Å². The Kier molecular flexibility index (Phi) is 4.00. The minimum Gasteiger partial charge on any atom is -0.394 e. The van der Waals surface area contributed by atoms with Gasteiger partial charge >= 0.3 is 0 Å². The fourth-order valence-corrected chi connectivity index (χ4v) is 3.05. The smallest absolute Gasteiger partial charge is 0.0613 e. The summed E-state index contributed by atoms with van der Waals surface area (Å²) in [6.45, 7) is 3.71. The van der Waals surface area contributed by atoms with Crippen LogP contribution in [0.3, 0.4) is 0 Å². The lowest BCUT2D eigenvalue weighted by atomic mass is 9.79. The first-order chi connectivity index (χ1) is 7.35. The van der Waals surface area contributed by atoms with E-state index in [-0.39, 0.29) is 5.54 Å². The lowest BCUT2D eigenvalue weighted by Gasteiger charge is -2.40. The first-order valence-electron chi connectivity index (χ1n) is 6.41. The molecule has 0 aromatic carbocycles. The minimum atomic E-state index is 0.0436. The predicted octanol–water partition coefficient (Wildman–Crippen LogP) is 0.881. The number of hydrogen-bond donors (Lipinski definition) is 3. The molecular weight excluding hydrogens is 188 g/mol. The Morgan fingerprint density at radius 1 is 1.20 bits per heavy atom. The number of aliphatic hydroxyl groups excluding tert-OH is 1. The van der Waals surface area contributed by atoms with Crippen LogP contribution in [-0.2, 0) is 0 Å². The van der Waals surface area contributed by atoms with E-state index >= 15 is 0 Å². The first-order valence-corrected chi connectivity index (χ1v) is 6.41. The van der Waals surface area contributed by atoms with Crippen molar-refractivity contribution in [1.82, 2.24) is 10.6 Å². The monoisotopic (exact) mass is 212 g/mol. The van der Waals surface area contributed by atoms with Crippen LogP contribution in [0.1, 0.15) is 38.5 Å². The van der Waals surface area contributed by atoms with Crippen molar-refractivity contribution in [2.45, 2.75) is 44.1 Å². The SMILES string of the molecule is OCC1(CC2CCCNC2)CCCCN1. The van der Waals surface area contributed by atoms with Crippen LogP contribution in [0.4, 0.5) is 0 Å². The van der Waals surface area contributed by atoms with Crippen LogP contribution in [0.25, 0.3) is 0 Å². The van der Waals surface area contributed by atoms with Crippen molar-refractivity contribution in [2.75, 3.05) is 26.2 Å². The van der Waals surface area contributed by atoms with Crippen LogP contribution < -0.4 is 10.6 Å². The van der Waals surface area contributed by atoms with E-state index < -0.39 is 0 Å². The maximum Gasteiger partial charge on any atom is 0.0613 e. The highest BCUT2D eigenvalue weighted by Crippen LogP contribution is 2.28. The van der Waals surface area contributed by atoms with Crippen LogP contribution >= 0.6 is 0 Å².